The Hall–Kier alpha value is -0.0800. The second kappa shape index (κ2) is 6.62. The molecule has 0 amide bonds. The zero-order valence-corrected chi connectivity index (χ0v) is 8.18. The van der Waals surface area contributed by atoms with E-state index in [1.54, 1.807) is 7.11 Å². The van der Waals surface area contributed by atoms with E-state index in [2.05, 4.69) is 19.2 Å². The SMILES string of the molecule is CNC(C)CCC(C)COC. The summed E-state index contributed by atoms with van der Waals surface area (Å²) in [6.45, 7) is 5.32. The van der Waals surface area contributed by atoms with Crippen molar-refractivity contribution >= 4 is 0 Å². The minimum absolute atomic E-state index is 0.634. The summed E-state index contributed by atoms with van der Waals surface area (Å²) in [4.78, 5) is 0. The van der Waals surface area contributed by atoms with Crippen LogP contribution in [-0.4, -0.2) is 26.8 Å². The van der Waals surface area contributed by atoms with E-state index in [0.717, 1.165) is 6.61 Å². The maximum Gasteiger partial charge on any atom is 0.0487 e. The summed E-state index contributed by atoms with van der Waals surface area (Å²) in [7, 11) is 3.77. The molecule has 0 aliphatic rings. The van der Waals surface area contributed by atoms with E-state index in [0.29, 0.717) is 12.0 Å². The van der Waals surface area contributed by atoms with Gasteiger partial charge in [0.25, 0.3) is 0 Å². The summed E-state index contributed by atoms with van der Waals surface area (Å²) < 4.78 is 5.05. The van der Waals surface area contributed by atoms with Crippen LogP contribution < -0.4 is 5.32 Å². The summed E-state index contributed by atoms with van der Waals surface area (Å²) in [5.74, 6) is 0.691. The van der Waals surface area contributed by atoms with Crippen LogP contribution in [-0.2, 0) is 4.74 Å². The van der Waals surface area contributed by atoms with Crippen molar-refractivity contribution in [2.75, 3.05) is 20.8 Å². The minimum atomic E-state index is 0.634. The van der Waals surface area contributed by atoms with Crippen molar-refractivity contribution in [3.63, 3.8) is 0 Å². The first-order valence-corrected chi connectivity index (χ1v) is 4.37. The van der Waals surface area contributed by atoms with Gasteiger partial charge in [0.1, 0.15) is 0 Å². The third-order valence-corrected chi connectivity index (χ3v) is 2.04. The molecule has 0 saturated heterocycles. The number of hydrogen-bond donors (Lipinski definition) is 1. The Labute approximate surface area is 70.3 Å². The molecule has 0 radical (unpaired) electrons. The standard InChI is InChI=1S/C9H21NO/c1-8(7-11-4)5-6-9(2)10-3/h8-10H,5-7H2,1-4H3. The molecule has 2 heteroatoms. The lowest BCUT2D eigenvalue weighted by Gasteiger charge is -2.13. The van der Waals surface area contributed by atoms with Gasteiger partial charge in [0.05, 0.1) is 0 Å². The van der Waals surface area contributed by atoms with E-state index in [1.165, 1.54) is 12.8 Å². The highest BCUT2D eigenvalue weighted by Gasteiger charge is 2.03. The first-order valence-electron chi connectivity index (χ1n) is 4.37. The van der Waals surface area contributed by atoms with Crippen molar-refractivity contribution in [3.05, 3.63) is 0 Å². The van der Waals surface area contributed by atoms with Gasteiger partial charge in [-0.05, 0) is 32.7 Å². The lowest BCUT2D eigenvalue weighted by atomic mass is 10.0. The number of hydrogen-bond acceptors (Lipinski definition) is 2. The molecular formula is C9H21NO. The molecule has 0 saturated carbocycles. The van der Waals surface area contributed by atoms with Crippen LogP contribution >= 0.6 is 0 Å². The molecule has 0 bridgehead atoms. The summed E-state index contributed by atoms with van der Waals surface area (Å²) in [5, 5.41) is 3.22. The Morgan fingerprint density at radius 2 is 1.91 bits per heavy atom. The van der Waals surface area contributed by atoms with Crippen LogP contribution in [0, 0.1) is 5.92 Å². The van der Waals surface area contributed by atoms with Crippen LogP contribution in [0.5, 0.6) is 0 Å². The van der Waals surface area contributed by atoms with Gasteiger partial charge in [-0.25, -0.2) is 0 Å². The van der Waals surface area contributed by atoms with Crippen LogP contribution in [0.1, 0.15) is 26.7 Å². The lowest BCUT2D eigenvalue weighted by Crippen LogP contribution is -2.22. The largest absolute Gasteiger partial charge is 0.384 e. The molecule has 68 valence electrons. The summed E-state index contributed by atoms with van der Waals surface area (Å²) in [6.07, 6.45) is 2.48. The summed E-state index contributed by atoms with van der Waals surface area (Å²) >= 11 is 0. The molecule has 1 N–H and O–H groups in total. The van der Waals surface area contributed by atoms with Gasteiger partial charge in [-0.2, -0.15) is 0 Å². The quantitative estimate of drug-likeness (QED) is 0.636. The first-order chi connectivity index (χ1) is 5.20. The predicted molar refractivity (Wildman–Crippen MR) is 48.8 cm³/mol. The fraction of sp³-hybridized carbons (Fsp3) is 1.00. The Bertz CT molecular complexity index is 85.6. The molecule has 2 unspecified atom stereocenters. The van der Waals surface area contributed by atoms with Crippen molar-refractivity contribution in [2.45, 2.75) is 32.7 Å². The summed E-state index contributed by atoms with van der Waals surface area (Å²) in [6, 6.07) is 0.634. The smallest absolute Gasteiger partial charge is 0.0487 e. The normalized spacial score (nSPS) is 16.4. The van der Waals surface area contributed by atoms with Gasteiger partial charge < -0.3 is 10.1 Å². The lowest BCUT2D eigenvalue weighted by molar-refractivity contribution is 0.153. The highest BCUT2D eigenvalue weighted by Crippen LogP contribution is 2.07. The topological polar surface area (TPSA) is 21.3 Å². The third-order valence-electron chi connectivity index (χ3n) is 2.04. The number of rotatable bonds is 6. The zero-order valence-electron chi connectivity index (χ0n) is 8.18. The number of methoxy groups -OCH3 is 1. The average Bonchev–Trinajstić information content (AvgIpc) is 2.01. The van der Waals surface area contributed by atoms with Crippen molar-refractivity contribution in [3.8, 4) is 0 Å². The van der Waals surface area contributed by atoms with Gasteiger partial charge in [-0.3, -0.25) is 0 Å². The minimum Gasteiger partial charge on any atom is -0.384 e. The van der Waals surface area contributed by atoms with Crippen molar-refractivity contribution < 1.29 is 4.74 Å². The van der Waals surface area contributed by atoms with Crippen LogP contribution in [0.4, 0.5) is 0 Å². The van der Waals surface area contributed by atoms with Crippen LogP contribution in [0.25, 0.3) is 0 Å². The van der Waals surface area contributed by atoms with E-state index in [-0.39, 0.29) is 0 Å². The molecule has 0 aliphatic carbocycles. The second-order valence-electron chi connectivity index (χ2n) is 3.33. The maximum absolute atomic E-state index is 5.05. The molecular weight excluding hydrogens is 138 g/mol. The number of ether oxygens (including phenoxy) is 1. The van der Waals surface area contributed by atoms with Gasteiger partial charge in [0.15, 0.2) is 0 Å². The fourth-order valence-electron chi connectivity index (χ4n) is 1.05. The Morgan fingerprint density at radius 3 is 2.36 bits per heavy atom. The highest BCUT2D eigenvalue weighted by molar-refractivity contribution is 4.60. The Balaban J connectivity index is 3.22. The van der Waals surface area contributed by atoms with Crippen LogP contribution in [0.15, 0.2) is 0 Å². The molecule has 0 aromatic carbocycles. The molecule has 0 aromatic heterocycles. The first kappa shape index (κ1) is 10.9. The maximum atomic E-state index is 5.05. The van der Waals surface area contributed by atoms with E-state index >= 15 is 0 Å². The summed E-state index contributed by atoms with van der Waals surface area (Å²) in [5.41, 5.74) is 0. The Morgan fingerprint density at radius 1 is 1.27 bits per heavy atom. The number of nitrogens with one attached hydrogen (secondary N) is 1. The fourth-order valence-corrected chi connectivity index (χ4v) is 1.05. The average molecular weight is 159 g/mol. The highest BCUT2D eigenvalue weighted by atomic mass is 16.5. The van der Waals surface area contributed by atoms with Crippen LogP contribution in [0.2, 0.25) is 0 Å². The molecule has 0 heterocycles. The van der Waals surface area contributed by atoms with Crippen molar-refractivity contribution in [1.82, 2.24) is 5.32 Å². The molecule has 2 atom stereocenters. The van der Waals surface area contributed by atoms with E-state index < -0.39 is 0 Å². The van der Waals surface area contributed by atoms with E-state index in [1.807, 2.05) is 7.05 Å². The molecule has 0 fully saturated rings. The van der Waals surface area contributed by atoms with Crippen molar-refractivity contribution in [1.29, 1.82) is 0 Å². The molecule has 0 aromatic rings. The van der Waals surface area contributed by atoms with Gasteiger partial charge in [0, 0.05) is 19.8 Å². The molecule has 0 rings (SSSR count). The molecule has 0 spiro atoms. The van der Waals surface area contributed by atoms with E-state index in [4.69, 9.17) is 4.74 Å². The molecule has 11 heavy (non-hydrogen) atoms. The van der Waals surface area contributed by atoms with E-state index in [9.17, 15) is 0 Å². The monoisotopic (exact) mass is 159 g/mol. The zero-order chi connectivity index (χ0) is 8.69. The second-order valence-corrected chi connectivity index (χ2v) is 3.33. The van der Waals surface area contributed by atoms with Gasteiger partial charge in [-0.15, -0.1) is 0 Å². The third kappa shape index (κ3) is 6.32. The van der Waals surface area contributed by atoms with Crippen molar-refractivity contribution in [2.24, 2.45) is 5.92 Å². The Kier molecular flexibility index (Phi) is 6.57. The van der Waals surface area contributed by atoms with Gasteiger partial charge >= 0.3 is 0 Å². The molecule has 0 aliphatic heterocycles. The van der Waals surface area contributed by atoms with Gasteiger partial charge in [0.2, 0.25) is 0 Å². The molecule has 2 nitrogen and oxygen atoms in total. The predicted octanol–water partition coefficient (Wildman–Crippen LogP) is 1.66. The van der Waals surface area contributed by atoms with Gasteiger partial charge in [-0.1, -0.05) is 6.92 Å². The van der Waals surface area contributed by atoms with Crippen LogP contribution in [0.3, 0.4) is 0 Å².